The van der Waals surface area contributed by atoms with Crippen LogP contribution in [0.1, 0.15) is 60.1 Å². The van der Waals surface area contributed by atoms with Crippen LogP contribution in [-0.2, 0) is 29.1 Å². The van der Waals surface area contributed by atoms with Crippen molar-refractivity contribution in [2.24, 2.45) is 5.92 Å². The number of fused-ring (bicyclic) bond motifs is 1. The molecule has 0 bridgehead atoms. The lowest BCUT2D eigenvalue weighted by Crippen LogP contribution is -2.34. The number of hydrogen-bond donors (Lipinski definition) is 0. The standard InChI is InChI=1S/C25H31N3O5/c1-32-25(31)24-20-10-12-27(22(29)9-8-18-5-2-3-6-18)13-14-28(20)23(30)15-21(24)33-17-19-7-4-11-26-16-19/h4,7,11,15-16,18H,2-3,5-6,8-10,12-14,17H2,1H3. The Morgan fingerprint density at radius 1 is 1.18 bits per heavy atom. The number of carbonyl (C=O) groups is 2. The lowest BCUT2D eigenvalue weighted by atomic mass is 10.0. The summed E-state index contributed by atoms with van der Waals surface area (Å²) in [4.78, 5) is 44.3. The number of esters is 1. The van der Waals surface area contributed by atoms with Gasteiger partial charge in [0.25, 0.3) is 5.56 Å². The summed E-state index contributed by atoms with van der Waals surface area (Å²) in [6.07, 6.45) is 10.2. The number of nitrogens with zero attached hydrogens (tertiary/aromatic N) is 3. The van der Waals surface area contributed by atoms with Crippen LogP contribution >= 0.6 is 0 Å². The molecule has 2 aromatic heterocycles. The van der Waals surface area contributed by atoms with E-state index in [1.165, 1.54) is 38.9 Å². The summed E-state index contributed by atoms with van der Waals surface area (Å²) in [7, 11) is 1.31. The largest absolute Gasteiger partial charge is 0.488 e. The Morgan fingerprint density at radius 2 is 2.00 bits per heavy atom. The zero-order valence-corrected chi connectivity index (χ0v) is 19.1. The predicted molar refractivity (Wildman–Crippen MR) is 122 cm³/mol. The van der Waals surface area contributed by atoms with E-state index in [2.05, 4.69) is 4.98 Å². The smallest absolute Gasteiger partial charge is 0.343 e. The van der Waals surface area contributed by atoms with Gasteiger partial charge in [-0.2, -0.15) is 0 Å². The minimum Gasteiger partial charge on any atom is -0.488 e. The van der Waals surface area contributed by atoms with Crippen LogP contribution in [0.2, 0.25) is 0 Å². The molecule has 33 heavy (non-hydrogen) atoms. The minimum absolute atomic E-state index is 0.121. The average molecular weight is 454 g/mol. The maximum atomic E-state index is 12.9. The molecule has 1 fully saturated rings. The summed E-state index contributed by atoms with van der Waals surface area (Å²) < 4.78 is 12.5. The fourth-order valence-corrected chi connectivity index (χ4v) is 4.86. The van der Waals surface area contributed by atoms with Gasteiger partial charge in [-0.15, -0.1) is 0 Å². The quantitative estimate of drug-likeness (QED) is 0.599. The molecule has 8 nitrogen and oxygen atoms in total. The van der Waals surface area contributed by atoms with Crippen molar-refractivity contribution in [2.75, 3.05) is 20.2 Å². The molecule has 0 saturated heterocycles. The molecule has 0 radical (unpaired) electrons. The molecule has 1 amide bonds. The molecule has 0 spiro atoms. The van der Waals surface area contributed by atoms with Crippen molar-refractivity contribution in [1.82, 2.24) is 14.5 Å². The van der Waals surface area contributed by atoms with Gasteiger partial charge in [0.05, 0.1) is 7.11 Å². The molecule has 1 aliphatic carbocycles. The molecule has 1 aliphatic heterocycles. The Kier molecular flexibility index (Phi) is 7.42. The molecular formula is C25H31N3O5. The number of amides is 1. The van der Waals surface area contributed by atoms with Crippen molar-refractivity contribution < 1.29 is 19.1 Å². The number of carbonyl (C=O) groups excluding carboxylic acids is 2. The summed E-state index contributed by atoms with van der Waals surface area (Å²) in [6.45, 7) is 1.43. The third-order valence-electron chi connectivity index (χ3n) is 6.69. The van der Waals surface area contributed by atoms with E-state index in [1.54, 1.807) is 23.0 Å². The van der Waals surface area contributed by atoms with E-state index in [-0.39, 0.29) is 29.4 Å². The Hall–Kier alpha value is -3.16. The first-order valence-electron chi connectivity index (χ1n) is 11.7. The summed E-state index contributed by atoms with van der Waals surface area (Å²) in [5, 5.41) is 0. The first-order chi connectivity index (χ1) is 16.1. The van der Waals surface area contributed by atoms with E-state index in [9.17, 15) is 14.4 Å². The summed E-state index contributed by atoms with van der Waals surface area (Å²) in [6, 6.07) is 4.99. The van der Waals surface area contributed by atoms with Crippen LogP contribution in [0.25, 0.3) is 0 Å². The fourth-order valence-electron chi connectivity index (χ4n) is 4.86. The van der Waals surface area contributed by atoms with Crippen molar-refractivity contribution in [3.05, 3.63) is 57.8 Å². The van der Waals surface area contributed by atoms with Gasteiger partial charge in [-0.25, -0.2) is 4.79 Å². The molecule has 0 aromatic carbocycles. The Bertz CT molecular complexity index is 1040. The van der Waals surface area contributed by atoms with Crippen molar-refractivity contribution in [1.29, 1.82) is 0 Å². The van der Waals surface area contributed by atoms with E-state index in [0.717, 1.165) is 12.0 Å². The van der Waals surface area contributed by atoms with Gasteiger partial charge in [0, 0.05) is 62.2 Å². The Morgan fingerprint density at radius 3 is 2.73 bits per heavy atom. The fraction of sp³-hybridized carbons (Fsp3) is 0.520. The summed E-state index contributed by atoms with van der Waals surface area (Å²) >= 11 is 0. The molecule has 0 atom stereocenters. The van der Waals surface area contributed by atoms with E-state index >= 15 is 0 Å². The number of hydrogen-bond acceptors (Lipinski definition) is 6. The van der Waals surface area contributed by atoms with E-state index in [1.807, 2.05) is 11.0 Å². The molecule has 2 aromatic rings. The lowest BCUT2D eigenvalue weighted by molar-refractivity contribution is -0.131. The van der Waals surface area contributed by atoms with Gasteiger partial charge in [-0.05, 0) is 18.4 Å². The number of ether oxygens (including phenoxy) is 2. The van der Waals surface area contributed by atoms with Crippen LogP contribution in [0.4, 0.5) is 0 Å². The topological polar surface area (TPSA) is 90.7 Å². The van der Waals surface area contributed by atoms with Crippen LogP contribution in [0, 0.1) is 5.92 Å². The molecular weight excluding hydrogens is 422 g/mol. The van der Waals surface area contributed by atoms with Gasteiger partial charge in [0.15, 0.2) is 0 Å². The van der Waals surface area contributed by atoms with E-state index in [0.29, 0.717) is 44.1 Å². The lowest BCUT2D eigenvalue weighted by Gasteiger charge is -2.20. The van der Waals surface area contributed by atoms with Crippen molar-refractivity contribution in [3.8, 4) is 5.75 Å². The van der Waals surface area contributed by atoms with E-state index in [4.69, 9.17) is 9.47 Å². The van der Waals surface area contributed by atoms with Crippen molar-refractivity contribution in [3.63, 3.8) is 0 Å². The highest BCUT2D eigenvalue weighted by Gasteiger charge is 2.28. The van der Waals surface area contributed by atoms with Gasteiger partial charge in [0.2, 0.25) is 5.91 Å². The second-order valence-electron chi connectivity index (χ2n) is 8.78. The summed E-state index contributed by atoms with van der Waals surface area (Å²) in [5.74, 6) is 0.422. The van der Waals surface area contributed by atoms with Gasteiger partial charge >= 0.3 is 5.97 Å². The second kappa shape index (κ2) is 10.6. The molecule has 3 heterocycles. The molecule has 0 N–H and O–H groups in total. The number of rotatable bonds is 7. The molecule has 8 heteroatoms. The van der Waals surface area contributed by atoms with Crippen LogP contribution in [-0.4, -0.2) is 46.5 Å². The maximum Gasteiger partial charge on any atom is 0.343 e. The number of methoxy groups -OCH3 is 1. The van der Waals surface area contributed by atoms with Crippen LogP contribution in [0.3, 0.4) is 0 Å². The Labute approximate surface area is 193 Å². The van der Waals surface area contributed by atoms with Gasteiger partial charge in [-0.3, -0.25) is 14.6 Å². The van der Waals surface area contributed by atoms with Crippen LogP contribution in [0.15, 0.2) is 35.4 Å². The van der Waals surface area contributed by atoms with Crippen molar-refractivity contribution >= 4 is 11.9 Å². The zero-order valence-electron chi connectivity index (χ0n) is 19.1. The highest BCUT2D eigenvalue weighted by atomic mass is 16.5. The zero-order chi connectivity index (χ0) is 23.2. The molecule has 4 rings (SSSR count). The SMILES string of the molecule is COC(=O)c1c(OCc2cccnc2)cc(=O)n2c1CCN(C(=O)CCC1CCCC1)CC2. The number of aromatic nitrogens is 2. The summed E-state index contributed by atoms with van der Waals surface area (Å²) in [5.41, 5.74) is 1.38. The normalized spacial score (nSPS) is 16.2. The average Bonchev–Trinajstić information content (AvgIpc) is 3.26. The number of pyridine rings is 2. The van der Waals surface area contributed by atoms with Gasteiger partial charge in [-0.1, -0.05) is 31.7 Å². The van der Waals surface area contributed by atoms with Gasteiger partial charge in [0.1, 0.15) is 17.9 Å². The maximum absolute atomic E-state index is 12.9. The highest BCUT2D eigenvalue weighted by Crippen LogP contribution is 2.29. The molecule has 1 saturated carbocycles. The predicted octanol–water partition coefficient (Wildman–Crippen LogP) is 2.96. The highest BCUT2D eigenvalue weighted by molar-refractivity contribution is 5.93. The van der Waals surface area contributed by atoms with Crippen LogP contribution in [0.5, 0.6) is 5.75 Å². The third-order valence-corrected chi connectivity index (χ3v) is 6.69. The van der Waals surface area contributed by atoms with Crippen molar-refractivity contribution in [2.45, 2.75) is 58.1 Å². The third kappa shape index (κ3) is 5.43. The molecule has 2 aliphatic rings. The monoisotopic (exact) mass is 453 g/mol. The van der Waals surface area contributed by atoms with Crippen LogP contribution < -0.4 is 10.3 Å². The minimum atomic E-state index is -0.555. The second-order valence-corrected chi connectivity index (χ2v) is 8.78. The van der Waals surface area contributed by atoms with E-state index < -0.39 is 5.97 Å². The molecule has 0 unspecified atom stereocenters. The molecule has 176 valence electrons. The van der Waals surface area contributed by atoms with Gasteiger partial charge < -0.3 is 18.9 Å². The Balaban J connectivity index is 1.52. The first kappa shape index (κ1) is 23.0. The first-order valence-corrected chi connectivity index (χ1v) is 11.7.